The van der Waals surface area contributed by atoms with Crippen molar-refractivity contribution < 1.29 is 172 Å². The summed E-state index contributed by atoms with van der Waals surface area (Å²) in [5, 5.41) is 16.0. The number of hydrogen-bond acceptors (Lipinski definition) is 17. The van der Waals surface area contributed by atoms with E-state index in [2.05, 4.69) is 20.0 Å². The zero-order valence-electron chi connectivity index (χ0n) is 24.1. The molecular weight excluding hydrogens is 783 g/mol. The molecule has 1 radical (unpaired) electrons. The Labute approximate surface area is 340 Å². The fourth-order valence-corrected chi connectivity index (χ4v) is 6.63. The molecule has 2 aliphatic carbocycles. The molecule has 0 aliphatic heterocycles. The number of amides is 1. The topological polar surface area (TPSA) is 306 Å². The molecule has 1 aromatic carbocycles. The third-order valence-electron chi connectivity index (χ3n) is 5.54. The number of phenolic OH excluding ortho intramolecular Hbond substituents is 1. The van der Waals surface area contributed by atoms with E-state index in [-0.39, 0.29) is 106 Å². The van der Waals surface area contributed by atoms with Crippen LogP contribution in [0.1, 0.15) is 6.92 Å². The Kier molecular flexibility index (Phi) is 19.2. The quantitative estimate of drug-likeness (QED) is 0.0651. The number of fused-ring (bicyclic) bond motifs is 1. The molecule has 0 spiro atoms. The Morgan fingerprint density at radius 1 is 0.978 bits per heavy atom. The van der Waals surface area contributed by atoms with Gasteiger partial charge in [-0.2, -0.15) is 5.10 Å². The molecule has 0 bridgehead atoms. The first kappa shape index (κ1) is 48.1. The minimum Gasteiger partial charge on any atom is -0.744 e. The molecule has 26 heteroatoms. The molecule has 46 heavy (non-hydrogen) atoms. The van der Waals surface area contributed by atoms with E-state index in [4.69, 9.17) is 0 Å². The number of aromatic hydroxyl groups is 1. The van der Waals surface area contributed by atoms with Crippen molar-refractivity contribution in [3.63, 3.8) is 0 Å². The van der Waals surface area contributed by atoms with Gasteiger partial charge in [-0.1, -0.05) is 12.2 Å². The molecule has 1 amide bonds. The number of Topliss-reactive ketones (excluding diaryl/α,β-unsaturated/α-hetero) is 1. The third-order valence-corrected chi connectivity index (χ3v) is 9.37. The number of benzene rings is 1. The molecule has 0 aromatic heterocycles. The summed E-state index contributed by atoms with van der Waals surface area (Å²) >= 11 is 0. The van der Waals surface area contributed by atoms with Crippen LogP contribution in [0.5, 0.6) is 5.75 Å². The van der Waals surface area contributed by atoms with Crippen LogP contribution in [-0.4, -0.2) is 82.2 Å². The van der Waals surface area contributed by atoms with E-state index in [0.717, 1.165) is 25.1 Å². The van der Waals surface area contributed by atoms with Crippen molar-refractivity contribution in [3.05, 3.63) is 51.9 Å². The fourth-order valence-electron chi connectivity index (χ4n) is 3.83. The maximum absolute atomic E-state index is 13.3. The zero-order valence-corrected chi connectivity index (χ0v) is 34.3. The second-order valence-corrected chi connectivity index (χ2v) is 14.4. The van der Waals surface area contributed by atoms with Crippen LogP contribution < -0.4 is 99.4 Å². The minimum absolute atomic E-state index is 0. The molecule has 0 heterocycles. The van der Waals surface area contributed by atoms with E-state index in [1.165, 1.54) is 0 Å². The van der Waals surface area contributed by atoms with Crippen molar-refractivity contribution in [2.24, 2.45) is 16.9 Å². The summed E-state index contributed by atoms with van der Waals surface area (Å²) in [7, 11) is -20.1. The SMILES string of the molecule is CC(=O)NC1=CC(S(=O)(=O)[O-])=CC2C=C(S(=O)(=O)[O-])/C(=N/Nc3ccc(S(=O)(=O)CCOS(=O)(=O)[O-])cc3O)C(=O)C12.[Cu].[Na+].[Na+].[Na+]. The molecule has 2 aliphatic rings. The monoisotopic (exact) mass is 800 g/mol. The van der Waals surface area contributed by atoms with E-state index in [1.807, 2.05) is 0 Å². The third kappa shape index (κ3) is 12.7. The van der Waals surface area contributed by atoms with Gasteiger partial charge < -0.3 is 24.1 Å². The van der Waals surface area contributed by atoms with E-state index < -0.39 is 114 Å². The molecule has 3 N–H and O–H groups in total. The molecule has 1 aromatic rings. The van der Waals surface area contributed by atoms with Crippen molar-refractivity contribution in [2.45, 2.75) is 11.8 Å². The van der Waals surface area contributed by atoms with Crippen molar-refractivity contribution in [1.29, 1.82) is 0 Å². The number of hydrogen-bond donors (Lipinski definition) is 3. The summed E-state index contributed by atoms with van der Waals surface area (Å²) in [4.78, 5) is 22.3. The van der Waals surface area contributed by atoms with Crippen LogP contribution in [0.3, 0.4) is 0 Å². The fraction of sp³-hybridized carbons (Fsp3) is 0.250. The zero-order chi connectivity index (χ0) is 31.8. The first-order valence-electron chi connectivity index (χ1n) is 11.0. The van der Waals surface area contributed by atoms with Gasteiger partial charge in [0.05, 0.1) is 38.7 Å². The Morgan fingerprint density at radius 2 is 1.57 bits per heavy atom. The number of hydrazone groups is 1. The second-order valence-electron chi connectivity index (χ2n) is 8.51. The molecule has 0 fully saturated rings. The summed E-state index contributed by atoms with van der Waals surface area (Å²) in [5.41, 5.74) is 0.246. The second kappa shape index (κ2) is 18.3. The van der Waals surface area contributed by atoms with Crippen LogP contribution in [0.15, 0.2) is 61.9 Å². The van der Waals surface area contributed by atoms with Gasteiger partial charge in [0.1, 0.15) is 31.7 Å². The number of allylic oxidation sites excluding steroid dienone is 5. The van der Waals surface area contributed by atoms with Crippen LogP contribution in [0.25, 0.3) is 0 Å². The van der Waals surface area contributed by atoms with Crippen molar-refractivity contribution in [1.82, 2.24) is 5.32 Å². The molecule has 2 unspecified atom stereocenters. The largest absolute Gasteiger partial charge is 1.00 e. The van der Waals surface area contributed by atoms with Gasteiger partial charge in [0.2, 0.25) is 16.3 Å². The van der Waals surface area contributed by atoms with Crippen LogP contribution in [0.2, 0.25) is 0 Å². The number of anilines is 1. The molecule has 3 rings (SSSR count). The number of nitrogens with one attached hydrogen (secondary N) is 2. The van der Waals surface area contributed by atoms with Crippen molar-refractivity contribution in [3.8, 4) is 5.75 Å². The number of nitrogens with zero attached hydrogens (tertiary/aromatic N) is 1. The molecule has 18 nitrogen and oxygen atoms in total. The molecule has 0 saturated heterocycles. The van der Waals surface area contributed by atoms with Crippen LogP contribution >= 0.6 is 0 Å². The van der Waals surface area contributed by atoms with Gasteiger partial charge in [-0.25, -0.2) is 33.7 Å². The molecule has 2 atom stereocenters. The predicted molar refractivity (Wildman–Crippen MR) is 136 cm³/mol. The van der Waals surface area contributed by atoms with Crippen molar-refractivity contribution in [2.75, 3.05) is 17.8 Å². The number of sulfone groups is 1. The van der Waals surface area contributed by atoms with Gasteiger partial charge in [-0.05, 0) is 18.2 Å². The molecular formula is C20H18CuN3Na3O15S4. The maximum atomic E-state index is 13.3. The summed E-state index contributed by atoms with van der Waals surface area (Å²) in [6.07, 6.45) is 2.09. The van der Waals surface area contributed by atoms with E-state index in [1.54, 1.807) is 0 Å². The van der Waals surface area contributed by atoms with Gasteiger partial charge in [0.25, 0.3) is 0 Å². The summed E-state index contributed by atoms with van der Waals surface area (Å²) < 4.78 is 131. The van der Waals surface area contributed by atoms with Crippen LogP contribution in [0.4, 0.5) is 5.69 Å². The average molecular weight is 801 g/mol. The number of carbonyl (C=O) groups excluding carboxylic acids is 2. The number of ketones is 1. The number of rotatable bonds is 10. The van der Waals surface area contributed by atoms with Gasteiger partial charge in [0, 0.05) is 41.7 Å². The van der Waals surface area contributed by atoms with Crippen LogP contribution in [0, 0.1) is 11.8 Å². The maximum Gasteiger partial charge on any atom is 1.00 e. The Balaban J connectivity index is 0. The summed E-state index contributed by atoms with van der Waals surface area (Å²) in [6.45, 7) is -0.0177. The summed E-state index contributed by atoms with van der Waals surface area (Å²) in [6, 6.07) is 2.45. The minimum atomic E-state index is -5.47. The van der Waals surface area contributed by atoms with Crippen LogP contribution in [-0.2, 0) is 71.3 Å². The van der Waals surface area contributed by atoms with E-state index in [9.17, 15) is 62.0 Å². The number of carbonyl (C=O) groups is 2. The van der Waals surface area contributed by atoms with Gasteiger partial charge in [0.15, 0.2) is 15.6 Å². The van der Waals surface area contributed by atoms with Gasteiger partial charge >= 0.3 is 88.7 Å². The van der Waals surface area contributed by atoms with Gasteiger partial charge in [-0.3, -0.25) is 19.2 Å². The van der Waals surface area contributed by atoms with Crippen molar-refractivity contribution >= 4 is 63.6 Å². The average Bonchev–Trinajstić information content (AvgIpc) is 2.81. The Bertz CT molecular complexity index is 1930. The normalized spacial score (nSPS) is 18.9. The van der Waals surface area contributed by atoms with E-state index in [0.29, 0.717) is 18.2 Å². The standard InChI is InChI=1S/C20H21N3O15S4.Cu.3Na/c1-10(24)21-15-8-13(40(29,30)31)6-11-7-17(41(32,33)34)19(20(26)18(11)15)23-22-14-3-2-12(9-16(14)25)39(27,28)5-4-38-42(35,36)37;;;;/h2-3,6-9,11,18,22,25H,4-5H2,1H3,(H,21,24)(H,29,30,31)(H,32,33,34)(H,35,36,37);;;;/q;;3*+1/p-3/b23-19-;;;;. The smallest absolute Gasteiger partial charge is 0.744 e. The first-order chi connectivity index (χ1) is 19.1. The molecule has 0 saturated carbocycles. The van der Waals surface area contributed by atoms with E-state index >= 15 is 0 Å². The first-order valence-corrected chi connectivity index (χ1v) is 16.8. The summed E-state index contributed by atoms with van der Waals surface area (Å²) in [5.74, 6) is -6.83. The van der Waals surface area contributed by atoms with Gasteiger partial charge in [-0.15, -0.1) is 0 Å². The Hall–Kier alpha value is 0.00948. The predicted octanol–water partition coefficient (Wildman–Crippen LogP) is -10.9. The Morgan fingerprint density at radius 3 is 2.04 bits per heavy atom. The molecule has 241 valence electrons. The number of phenols is 1.